The van der Waals surface area contributed by atoms with Gasteiger partial charge in [-0.2, -0.15) is 0 Å². The van der Waals surface area contributed by atoms with Crippen LogP contribution in [0.3, 0.4) is 0 Å². The quantitative estimate of drug-likeness (QED) is 0.768. The van der Waals surface area contributed by atoms with Crippen molar-refractivity contribution in [1.82, 2.24) is 5.32 Å². The number of aryl methyl sites for hydroxylation is 1. The van der Waals surface area contributed by atoms with Crippen LogP contribution in [0.1, 0.15) is 32.3 Å². The van der Waals surface area contributed by atoms with Crippen LogP contribution < -0.4 is 5.32 Å². The van der Waals surface area contributed by atoms with E-state index in [1.807, 2.05) is 0 Å². The highest BCUT2D eigenvalue weighted by Gasteiger charge is 2.02. The van der Waals surface area contributed by atoms with E-state index in [1.54, 1.807) is 0 Å². The summed E-state index contributed by atoms with van der Waals surface area (Å²) in [4.78, 5) is 0. The maximum Gasteiger partial charge on any atom is 0.00418 e. The van der Waals surface area contributed by atoms with Gasteiger partial charge in [-0.25, -0.2) is 0 Å². The Balaban J connectivity index is 1.89. The summed E-state index contributed by atoms with van der Waals surface area (Å²) in [5, 5.41) is 3.54. The molecule has 1 N–H and O–H groups in total. The molecule has 0 bridgehead atoms. The van der Waals surface area contributed by atoms with Gasteiger partial charge in [0.25, 0.3) is 0 Å². The van der Waals surface area contributed by atoms with Crippen molar-refractivity contribution in [3.05, 3.63) is 60.2 Å². The van der Waals surface area contributed by atoms with Crippen molar-refractivity contribution >= 4 is 0 Å². The van der Waals surface area contributed by atoms with Crippen molar-refractivity contribution < 1.29 is 0 Å². The molecule has 1 nitrogen and oxygen atoms in total. The van der Waals surface area contributed by atoms with Gasteiger partial charge in [0, 0.05) is 6.04 Å². The molecule has 0 fully saturated rings. The van der Waals surface area contributed by atoms with Crippen LogP contribution in [0.2, 0.25) is 0 Å². The zero-order valence-corrected chi connectivity index (χ0v) is 12.6. The first-order valence-corrected chi connectivity index (χ1v) is 7.67. The lowest BCUT2D eigenvalue weighted by Gasteiger charge is -2.13. The van der Waals surface area contributed by atoms with Crippen LogP contribution >= 0.6 is 0 Å². The van der Waals surface area contributed by atoms with E-state index in [-0.39, 0.29) is 0 Å². The molecular weight excluding hydrogens is 242 g/mol. The van der Waals surface area contributed by atoms with Gasteiger partial charge in [-0.05, 0) is 49.4 Å². The molecule has 2 rings (SSSR count). The minimum Gasteiger partial charge on any atom is -0.314 e. The molecule has 0 aromatic heterocycles. The number of hydrogen-bond donors (Lipinski definition) is 1. The zero-order valence-electron chi connectivity index (χ0n) is 12.6. The van der Waals surface area contributed by atoms with Gasteiger partial charge in [-0.15, -0.1) is 0 Å². The van der Waals surface area contributed by atoms with Crippen molar-refractivity contribution in [2.45, 2.75) is 39.2 Å². The van der Waals surface area contributed by atoms with Crippen molar-refractivity contribution in [3.8, 4) is 11.1 Å². The van der Waals surface area contributed by atoms with Gasteiger partial charge in [0.2, 0.25) is 0 Å². The molecule has 0 aliphatic heterocycles. The van der Waals surface area contributed by atoms with Crippen LogP contribution in [-0.2, 0) is 6.42 Å². The topological polar surface area (TPSA) is 12.0 Å². The van der Waals surface area contributed by atoms with E-state index in [4.69, 9.17) is 0 Å². The minimum absolute atomic E-state index is 0.601. The van der Waals surface area contributed by atoms with E-state index in [9.17, 15) is 0 Å². The molecular formula is C19H25N. The highest BCUT2D eigenvalue weighted by atomic mass is 14.9. The third kappa shape index (κ3) is 4.50. The molecule has 2 aromatic rings. The van der Waals surface area contributed by atoms with Crippen molar-refractivity contribution in [2.75, 3.05) is 6.54 Å². The van der Waals surface area contributed by atoms with Crippen LogP contribution in [0.25, 0.3) is 11.1 Å². The number of hydrogen-bond acceptors (Lipinski definition) is 1. The molecule has 0 saturated carbocycles. The summed E-state index contributed by atoms with van der Waals surface area (Å²) in [5.41, 5.74) is 4.01. The van der Waals surface area contributed by atoms with E-state index >= 15 is 0 Å². The fourth-order valence-electron chi connectivity index (χ4n) is 2.37. The maximum atomic E-state index is 3.54. The fourth-order valence-corrected chi connectivity index (χ4v) is 2.37. The summed E-state index contributed by atoms with van der Waals surface area (Å²) in [7, 11) is 0. The van der Waals surface area contributed by atoms with Crippen LogP contribution in [0, 0.1) is 0 Å². The molecule has 1 heteroatoms. The molecule has 0 spiro atoms. The van der Waals surface area contributed by atoms with Gasteiger partial charge in [0.1, 0.15) is 0 Å². The SMILES string of the molecule is CCCNC(C)CCc1ccc(-c2ccccc2)cc1. The molecule has 0 aliphatic carbocycles. The fraction of sp³-hybridized carbons (Fsp3) is 0.368. The van der Waals surface area contributed by atoms with Crippen LogP contribution in [0.4, 0.5) is 0 Å². The van der Waals surface area contributed by atoms with Crippen molar-refractivity contribution in [3.63, 3.8) is 0 Å². The Bertz CT molecular complexity index is 487. The lowest BCUT2D eigenvalue weighted by atomic mass is 10.0. The average molecular weight is 267 g/mol. The molecule has 0 heterocycles. The lowest BCUT2D eigenvalue weighted by Crippen LogP contribution is -2.27. The first kappa shape index (κ1) is 14.8. The monoisotopic (exact) mass is 267 g/mol. The van der Waals surface area contributed by atoms with Gasteiger partial charge in [-0.1, -0.05) is 61.5 Å². The molecule has 106 valence electrons. The third-order valence-electron chi connectivity index (χ3n) is 3.67. The Morgan fingerprint density at radius 1 is 0.900 bits per heavy atom. The summed E-state index contributed by atoms with van der Waals surface area (Å²) in [6.45, 7) is 5.60. The highest BCUT2D eigenvalue weighted by molar-refractivity contribution is 5.63. The Labute approximate surface area is 123 Å². The Hall–Kier alpha value is -1.60. The zero-order chi connectivity index (χ0) is 14.2. The van der Waals surface area contributed by atoms with Crippen LogP contribution in [-0.4, -0.2) is 12.6 Å². The van der Waals surface area contributed by atoms with Crippen molar-refractivity contribution in [1.29, 1.82) is 0 Å². The van der Waals surface area contributed by atoms with E-state index < -0.39 is 0 Å². The molecule has 2 aromatic carbocycles. The van der Waals surface area contributed by atoms with E-state index in [2.05, 4.69) is 73.8 Å². The number of benzene rings is 2. The average Bonchev–Trinajstić information content (AvgIpc) is 2.52. The van der Waals surface area contributed by atoms with Crippen LogP contribution in [0.5, 0.6) is 0 Å². The summed E-state index contributed by atoms with van der Waals surface area (Å²) < 4.78 is 0. The van der Waals surface area contributed by atoms with Gasteiger partial charge in [0.05, 0.1) is 0 Å². The molecule has 0 radical (unpaired) electrons. The molecule has 1 unspecified atom stereocenters. The largest absolute Gasteiger partial charge is 0.314 e. The van der Waals surface area contributed by atoms with Crippen molar-refractivity contribution in [2.24, 2.45) is 0 Å². The minimum atomic E-state index is 0.601. The normalized spacial score (nSPS) is 12.3. The second-order valence-electron chi connectivity index (χ2n) is 5.46. The number of rotatable bonds is 7. The van der Waals surface area contributed by atoms with Gasteiger partial charge in [-0.3, -0.25) is 0 Å². The first-order chi connectivity index (χ1) is 9.79. The summed E-state index contributed by atoms with van der Waals surface area (Å²) in [5.74, 6) is 0. The number of nitrogens with one attached hydrogen (secondary N) is 1. The summed E-state index contributed by atoms with van der Waals surface area (Å²) in [6, 6.07) is 20.1. The molecule has 20 heavy (non-hydrogen) atoms. The first-order valence-electron chi connectivity index (χ1n) is 7.67. The predicted octanol–water partition coefficient (Wildman–Crippen LogP) is 4.67. The standard InChI is InChI=1S/C19H25N/c1-3-15-20-16(2)9-10-17-11-13-19(14-12-17)18-7-5-4-6-8-18/h4-8,11-14,16,20H,3,9-10,15H2,1-2H3. The lowest BCUT2D eigenvalue weighted by molar-refractivity contribution is 0.514. The van der Waals surface area contributed by atoms with Gasteiger partial charge >= 0.3 is 0 Å². The Morgan fingerprint density at radius 3 is 2.20 bits per heavy atom. The Morgan fingerprint density at radius 2 is 1.55 bits per heavy atom. The van der Waals surface area contributed by atoms with E-state index in [0.717, 1.165) is 13.0 Å². The predicted molar refractivity (Wildman–Crippen MR) is 88.0 cm³/mol. The highest BCUT2D eigenvalue weighted by Crippen LogP contribution is 2.19. The second-order valence-corrected chi connectivity index (χ2v) is 5.46. The van der Waals surface area contributed by atoms with Gasteiger partial charge in [0.15, 0.2) is 0 Å². The maximum absolute atomic E-state index is 3.54. The molecule has 0 aliphatic rings. The molecule has 0 saturated heterocycles. The van der Waals surface area contributed by atoms with E-state index in [0.29, 0.717) is 6.04 Å². The smallest absolute Gasteiger partial charge is 0.00418 e. The van der Waals surface area contributed by atoms with Crippen LogP contribution in [0.15, 0.2) is 54.6 Å². The third-order valence-corrected chi connectivity index (χ3v) is 3.67. The van der Waals surface area contributed by atoms with E-state index in [1.165, 1.54) is 29.5 Å². The summed E-state index contributed by atoms with van der Waals surface area (Å²) in [6.07, 6.45) is 3.55. The Kier molecular flexibility index (Phi) is 5.82. The molecule has 0 amide bonds. The molecule has 1 atom stereocenters. The van der Waals surface area contributed by atoms with Gasteiger partial charge < -0.3 is 5.32 Å². The summed E-state index contributed by atoms with van der Waals surface area (Å²) >= 11 is 0. The second kappa shape index (κ2) is 7.86.